The van der Waals surface area contributed by atoms with Crippen molar-refractivity contribution in [2.24, 2.45) is 5.73 Å². The molecule has 0 amide bonds. The van der Waals surface area contributed by atoms with Gasteiger partial charge in [0.15, 0.2) is 5.13 Å². The SMILES string of the molecule is NCc1c(Cl)cccc1C=CCS(=O)(=O)Nc1ncc(CCOC(=O)c2ccco2)s1. The van der Waals surface area contributed by atoms with Crippen LogP contribution < -0.4 is 10.5 Å². The second-order valence-electron chi connectivity index (χ2n) is 6.29. The number of sulfonamides is 1. The summed E-state index contributed by atoms with van der Waals surface area (Å²) < 4.78 is 37.2. The summed E-state index contributed by atoms with van der Waals surface area (Å²) in [7, 11) is -3.64. The zero-order valence-electron chi connectivity index (χ0n) is 16.3. The van der Waals surface area contributed by atoms with E-state index in [1.165, 1.54) is 29.7 Å². The molecule has 0 bridgehead atoms. The minimum atomic E-state index is -3.64. The Balaban J connectivity index is 1.51. The lowest BCUT2D eigenvalue weighted by molar-refractivity contribution is 0.0473. The van der Waals surface area contributed by atoms with E-state index in [2.05, 4.69) is 9.71 Å². The molecule has 8 nitrogen and oxygen atoms in total. The average molecular weight is 482 g/mol. The highest BCUT2D eigenvalue weighted by Gasteiger charge is 2.13. The van der Waals surface area contributed by atoms with Gasteiger partial charge in [-0.2, -0.15) is 0 Å². The van der Waals surface area contributed by atoms with E-state index in [0.717, 1.165) is 16.0 Å². The minimum absolute atomic E-state index is 0.125. The smallest absolute Gasteiger partial charge is 0.374 e. The molecular weight excluding hydrogens is 462 g/mol. The molecule has 0 atom stereocenters. The Hall–Kier alpha value is -2.66. The lowest BCUT2D eigenvalue weighted by atomic mass is 10.1. The topological polar surface area (TPSA) is 125 Å². The first-order valence-corrected chi connectivity index (χ1v) is 12.0. The first-order chi connectivity index (χ1) is 14.9. The summed E-state index contributed by atoms with van der Waals surface area (Å²) in [4.78, 5) is 16.5. The van der Waals surface area contributed by atoms with Crippen LogP contribution in [0.3, 0.4) is 0 Å². The highest BCUT2D eigenvalue weighted by atomic mass is 35.5. The zero-order valence-corrected chi connectivity index (χ0v) is 18.7. The van der Waals surface area contributed by atoms with Gasteiger partial charge in [-0.05, 0) is 29.3 Å². The van der Waals surface area contributed by atoms with Gasteiger partial charge in [0.05, 0.1) is 18.6 Å². The number of nitrogens with one attached hydrogen (secondary N) is 1. The summed E-state index contributed by atoms with van der Waals surface area (Å²) in [6.07, 6.45) is 6.53. The van der Waals surface area contributed by atoms with Gasteiger partial charge in [-0.15, -0.1) is 11.3 Å². The molecule has 0 fully saturated rings. The maximum absolute atomic E-state index is 12.3. The Bertz CT molecular complexity index is 1160. The number of ether oxygens (including phenoxy) is 1. The summed E-state index contributed by atoms with van der Waals surface area (Å²) in [5.41, 5.74) is 7.22. The second kappa shape index (κ2) is 10.6. The maximum Gasteiger partial charge on any atom is 0.374 e. The summed E-state index contributed by atoms with van der Waals surface area (Å²) >= 11 is 7.28. The van der Waals surface area contributed by atoms with Crippen molar-refractivity contribution in [1.82, 2.24) is 4.98 Å². The average Bonchev–Trinajstić information content (AvgIpc) is 3.40. The Morgan fingerprint density at radius 2 is 2.16 bits per heavy atom. The van der Waals surface area contributed by atoms with Gasteiger partial charge >= 0.3 is 5.97 Å². The molecule has 0 aliphatic carbocycles. The van der Waals surface area contributed by atoms with Crippen LogP contribution in [0.5, 0.6) is 0 Å². The number of nitrogens with two attached hydrogens (primary N) is 1. The van der Waals surface area contributed by atoms with Crippen LogP contribution in [0.2, 0.25) is 5.02 Å². The maximum atomic E-state index is 12.3. The van der Waals surface area contributed by atoms with Crippen molar-refractivity contribution in [2.75, 3.05) is 17.1 Å². The normalized spacial score (nSPS) is 11.7. The molecule has 3 aromatic rings. The van der Waals surface area contributed by atoms with E-state index in [4.69, 9.17) is 26.5 Å². The third-order valence-electron chi connectivity index (χ3n) is 4.07. The van der Waals surface area contributed by atoms with Gasteiger partial charge in [0.25, 0.3) is 0 Å². The predicted molar refractivity (Wildman–Crippen MR) is 121 cm³/mol. The van der Waals surface area contributed by atoms with E-state index in [0.29, 0.717) is 11.4 Å². The fourth-order valence-corrected chi connectivity index (χ4v) is 4.81. The first kappa shape index (κ1) is 23.0. The molecule has 164 valence electrons. The number of anilines is 1. The quantitative estimate of drug-likeness (QED) is 0.423. The molecule has 1 aromatic carbocycles. The summed E-state index contributed by atoms with van der Waals surface area (Å²) in [6, 6.07) is 8.43. The predicted octanol–water partition coefficient (Wildman–Crippen LogP) is 3.70. The number of esters is 1. The van der Waals surface area contributed by atoms with E-state index in [-0.39, 0.29) is 29.8 Å². The molecular formula is C20H20ClN3O5S2. The van der Waals surface area contributed by atoms with Gasteiger partial charge < -0.3 is 14.9 Å². The van der Waals surface area contributed by atoms with Crippen LogP contribution in [0.1, 0.15) is 26.6 Å². The number of carbonyl (C=O) groups excluding carboxylic acids is 1. The number of carbonyl (C=O) groups is 1. The summed E-state index contributed by atoms with van der Waals surface area (Å²) in [5.74, 6) is -0.666. The molecule has 0 unspecified atom stereocenters. The molecule has 0 radical (unpaired) electrons. The fourth-order valence-electron chi connectivity index (χ4n) is 2.60. The third-order valence-corrected chi connectivity index (χ3v) is 6.66. The van der Waals surface area contributed by atoms with Gasteiger partial charge in [-0.1, -0.05) is 35.9 Å². The molecule has 31 heavy (non-hydrogen) atoms. The van der Waals surface area contributed by atoms with Gasteiger partial charge in [0.2, 0.25) is 15.8 Å². The van der Waals surface area contributed by atoms with Crippen molar-refractivity contribution in [3.8, 4) is 0 Å². The summed E-state index contributed by atoms with van der Waals surface area (Å²) in [6.45, 7) is 0.378. The molecule has 2 heterocycles. The lowest BCUT2D eigenvalue weighted by Crippen LogP contribution is -2.15. The van der Waals surface area contributed by atoms with E-state index in [9.17, 15) is 13.2 Å². The fraction of sp³-hybridized carbons (Fsp3) is 0.200. The molecule has 0 saturated carbocycles. The second-order valence-corrected chi connectivity index (χ2v) is 9.58. The van der Waals surface area contributed by atoms with Gasteiger partial charge in [0, 0.05) is 29.1 Å². The molecule has 3 N–H and O–H groups in total. The lowest BCUT2D eigenvalue weighted by Gasteiger charge is -2.06. The van der Waals surface area contributed by atoms with Crippen LogP contribution in [-0.4, -0.2) is 31.7 Å². The number of hydrogen-bond acceptors (Lipinski definition) is 8. The number of benzene rings is 1. The number of nitrogens with zero attached hydrogens (tertiary/aromatic N) is 1. The molecule has 3 rings (SSSR count). The molecule has 0 saturated heterocycles. The first-order valence-electron chi connectivity index (χ1n) is 9.18. The van der Waals surface area contributed by atoms with Crippen molar-refractivity contribution in [2.45, 2.75) is 13.0 Å². The zero-order chi connectivity index (χ0) is 22.3. The van der Waals surface area contributed by atoms with E-state index >= 15 is 0 Å². The Morgan fingerprint density at radius 3 is 2.90 bits per heavy atom. The summed E-state index contributed by atoms with van der Waals surface area (Å²) in [5, 5.41) is 0.780. The number of halogens is 1. The van der Waals surface area contributed by atoms with E-state index in [1.807, 2.05) is 6.07 Å². The van der Waals surface area contributed by atoms with Crippen LogP contribution >= 0.6 is 22.9 Å². The highest BCUT2D eigenvalue weighted by molar-refractivity contribution is 7.93. The van der Waals surface area contributed by atoms with Crippen LogP contribution in [-0.2, 0) is 27.7 Å². The van der Waals surface area contributed by atoms with Crippen molar-refractivity contribution in [1.29, 1.82) is 0 Å². The number of hydrogen-bond donors (Lipinski definition) is 2. The van der Waals surface area contributed by atoms with E-state index < -0.39 is 16.0 Å². The van der Waals surface area contributed by atoms with E-state index in [1.54, 1.807) is 30.5 Å². The van der Waals surface area contributed by atoms with Crippen molar-refractivity contribution in [3.63, 3.8) is 0 Å². The largest absolute Gasteiger partial charge is 0.459 e. The monoisotopic (exact) mass is 481 g/mol. The Morgan fingerprint density at radius 1 is 1.32 bits per heavy atom. The minimum Gasteiger partial charge on any atom is -0.459 e. The van der Waals surface area contributed by atoms with Crippen molar-refractivity contribution in [3.05, 3.63) is 75.7 Å². The highest BCUT2D eigenvalue weighted by Crippen LogP contribution is 2.22. The molecule has 11 heteroatoms. The van der Waals surface area contributed by atoms with Crippen LogP contribution in [0.4, 0.5) is 5.13 Å². The van der Waals surface area contributed by atoms with Gasteiger partial charge in [-0.25, -0.2) is 18.2 Å². The standard InChI is InChI=1S/C20H20ClN3O5S2/c21-17-6-1-4-14(16(17)12-22)5-3-11-31(26,27)24-20-23-13-15(30-20)8-10-29-19(25)18-7-2-9-28-18/h1-7,9,13H,8,10-12,22H2,(H,23,24). The Labute approximate surface area is 188 Å². The van der Waals surface area contributed by atoms with Crippen LogP contribution in [0.15, 0.2) is 53.3 Å². The van der Waals surface area contributed by atoms with Crippen LogP contribution in [0, 0.1) is 0 Å². The number of aromatic nitrogens is 1. The van der Waals surface area contributed by atoms with Crippen LogP contribution in [0.25, 0.3) is 6.08 Å². The third kappa shape index (κ3) is 6.66. The number of furan rings is 1. The number of rotatable bonds is 10. The van der Waals surface area contributed by atoms with Gasteiger partial charge in [0.1, 0.15) is 0 Å². The molecule has 0 aliphatic heterocycles. The van der Waals surface area contributed by atoms with Gasteiger partial charge in [-0.3, -0.25) is 4.72 Å². The van der Waals surface area contributed by atoms with Crippen molar-refractivity contribution >= 4 is 50.1 Å². The molecule has 2 aromatic heterocycles. The molecule has 0 spiro atoms. The number of thiazole rings is 1. The molecule has 0 aliphatic rings. The Kier molecular flexibility index (Phi) is 7.85. The van der Waals surface area contributed by atoms with Crippen molar-refractivity contribution < 1.29 is 22.4 Å².